The van der Waals surface area contributed by atoms with Crippen molar-refractivity contribution in [1.29, 1.82) is 0 Å². The van der Waals surface area contributed by atoms with Gasteiger partial charge in [-0.3, -0.25) is 4.79 Å². The molecule has 7 nitrogen and oxygen atoms in total. The number of ketones is 1. The quantitative estimate of drug-likeness (QED) is 0.0927. The Balaban J connectivity index is 1.54. The summed E-state index contributed by atoms with van der Waals surface area (Å²) in [5.41, 5.74) is 5.68. The number of nitrogens with zero attached hydrogens (tertiary/aromatic N) is 2. The number of hydrogen-bond acceptors (Lipinski definition) is 6. The van der Waals surface area contributed by atoms with Crippen LogP contribution in [0.1, 0.15) is 46.5 Å². The fourth-order valence-corrected chi connectivity index (χ4v) is 5.77. The Labute approximate surface area is 248 Å². The zero-order valence-corrected chi connectivity index (χ0v) is 24.3. The zero-order chi connectivity index (χ0) is 30.2. The van der Waals surface area contributed by atoms with Gasteiger partial charge in [0.2, 0.25) is 0 Å². The third-order valence-corrected chi connectivity index (χ3v) is 7.80. The molecule has 0 saturated heterocycles. The molecule has 43 heavy (non-hydrogen) atoms. The SMILES string of the molecule is CCn1c2ccc(C(=O)c3c(O)ccc4ccccc34)cc2c2cc(/C(=N\OC(C)=O)c3ccc(OC)cc3C)ccc21. The van der Waals surface area contributed by atoms with Crippen molar-refractivity contribution in [3.05, 3.63) is 119 Å². The van der Waals surface area contributed by atoms with Gasteiger partial charge in [-0.05, 0) is 84.8 Å². The van der Waals surface area contributed by atoms with Crippen LogP contribution in [0.5, 0.6) is 11.5 Å². The van der Waals surface area contributed by atoms with Crippen LogP contribution in [0.2, 0.25) is 0 Å². The number of hydrogen-bond donors (Lipinski definition) is 1. The van der Waals surface area contributed by atoms with E-state index in [-0.39, 0.29) is 17.1 Å². The van der Waals surface area contributed by atoms with Crippen molar-refractivity contribution >= 4 is 50.0 Å². The summed E-state index contributed by atoms with van der Waals surface area (Å²) in [7, 11) is 1.61. The van der Waals surface area contributed by atoms with Gasteiger partial charge in [-0.1, -0.05) is 41.6 Å². The molecule has 6 rings (SSSR count). The Morgan fingerprint density at radius 3 is 2.21 bits per heavy atom. The number of fused-ring (bicyclic) bond motifs is 4. The van der Waals surface area contributed by atoms with Gasteiger partial charge in [0, 0.05) is 52.0 Å². The van der Waals surface area contributed by atoms with E-state index in [1.165, 1.54) is 6.92 Å². The van der Waals surface area contributed by atoms with Crippen LogP contribution >= 0.6 is 0 Å². The lowest BCUT2D eigenvalue weighted by Gasteiger charge is -2.12. The fraction of sp³-hybridized carbons (Fsp3) is 0.139. The maximum absolute atomic E-state index is 13.9. The average molecular weight is 571 g/mol. The molecule has 7 heteroatoms. The normalized spacial score (nSPS) is 11.8. The van der Waals surface area contributed by atoms with Crippen molar-refractivity contribution in [2.75, 3.05) is 7.11 Å². The van der Waals surface area contributed by atoms with Gasteiger partial charge in [-0.15, -0.1) is 0 Å². The molecule has 0 saturated carbocycles. The van der Waals surface area contributed by atoms with E-state index in [0.717, 1.165) is 50.4 Å². The van der Waals surface area contributed by atoms with Crippen LogP contribution in [0.25, 0.3) is 32.6 Å². The molecule has 0 aliphatic rings. The molecule has 6 aromatic rings. The highest BCUT2D eigenvalue weighted by molar-refractivity contribution is 6.21. The number of aromatic hydroxyl groups is 1. The first-order valence-corrected chi connectivity index (χ1v) is 14.0. The van der Waals surface area contributed by atoms with E-state index < -0.39 is 5.97 Å². The predicted octanol–water partition coefficient (Wildman–Crippen LogP) is 7.54. The summed E-state index contributed by atoms with van der Waals surface area (Å²) in [6, 6.07) is 28.2. The highest BCUT2D eigenvalue weighted by Gasteiger charge is 2.20. The summed E-state index contributed by atoms with van der Waals surface area (Å²) in [5.74, 6) is -0.116. The van der Waals surface area contributed by atoms with Crippen LogP contribution in [0.4, 0.5) is 0 Å². The van der Waals surface area contributed by atoms with E-state index in [4.69, 9.17) is 9.57 Å². The number of ether oxygens (including phenoxy) is 1. The Kier molecular flexibility index (Phi) is 7.16. The summed E-state index contributed by atoms with van der Waals surface area (Å²) in [6.45, 7) is 6.06. The second-order valence-corrected chi connectivity index (χ2v) is 10.4. The molecule has 5 aromatic carbocycles. The fourth-order valence-electron chi connectivity index (χ4n) is 5.77. The van der Waals surface area contributed by atoms with Gasteiger partial charge in [0.1, 0.15) is 17.2 Å². The average Bonchev–Trinajstić information content (AvgIpc) is 3.33. The molecular weight excluding hydrogens is 540 g/mol. The Morgan fingerprint density at radius 2 is 1.53 bits per heavy atom. The van der Waals surface area contributed by atoms with Crippen LogP contribution in [0.3, 0.4) is 0 Å². The summed E-state index contributed by atoms with van der Waals surface area (Å²) in [4.78, 5) is 30.8. The van der Waals surface area contributed by atoms with Crippen LogP contribution < -0.4 is 4.74 Å². The molecule has 1 aromatic heterocycles. The van der Waals surface area contributed by atoms with Crippen LogP contribution in [-0.4, -0.2) is 34.2 Å². The molecule has 0 spiro atoms. The number of phenols is 1. The van der Waals surface area contributed by atoms with Crippen LogP contribution in [0, 0.1) is 6.92 Å². The van der Waals surface area contributed by atoms with E-state index in [9.17, 15) is 14.7 Å². The molecule has 0 radical (unpaired) electrons. The largest absolute Gasteiger partial charge is 0.507 e. The van der Waals surface area contributed by atoms with Crippen molar-refractivity contribution in [3.63, 3.8) is 0 Å². The van der Waals surface area contributed by atoms with Crippen molar-refractivity contribution in [2.45, 2.75) is 27.3 Å². The smallest absolute Gasteiger partial charge is 0.332 e. The first-order valence-electron chi connectivity index (χ1n) is 14.0. The number of aryl methyl sites for hydroxylation is 2. The minimum Gasteiger partial charge on any atom is -0.507 e. The van der Waals surface area contributed by atoms with E-state index in [1.807, 2.05) is 85.8 Å². The topological polar surface area (TPSA) is 90.1 Å². The molecule has 214 valence electrons. The second-order valence-electron chi connectivity index (χ2n) is 10.4. The Hall–Kier alpha value is -5.43. The van der Waals surface area contributed by atoms with Gasteiger partial charge in [0.05, 0.1) is 12.7 Å². The zero-order valence-electron chi connectivity index (χ0n) is 24.3. The lowest BCUT2D eigenvalue weighted by molar-refractivity contribution is -0.140. The molecule has 0 bridgehead atoms. The molecule has 0 unspecified atom stereocenters. The Morgan fingerprint density at radius 1 is 0.837 bits per heavy atom. The van der Waals surface area contributed by atoms with Gasteiger partial charge in [0.25, 0.3) is 0 Å². The van der Waals surface area contributed by atoms with Crippen LogP contribution in [0.15, 0.2) is 96.2 Å². The van der Waals surface area contributed by atoms with E-state index in [0.29, 0.717) is 22.4 Å². The van der Waals surface area contributed by atoms with E-state index in [2.05, 4.69) is 16.6 Å². The second kappa shape index (κ2) is 11.1. The number of oxime groups is 1. The van der Waals surface area contributed by atoms with Gasteiger partial charge in [0.15, 0.2) is 5.78 Å². The molecular formula is C36H30N2O5. The Bertz CT molecular complexity index is 2100. The summed E-state index contributed by atoms with van der Waals surface area (Å²) in [5, 5.41) is 18.4. The maximum atomic E-state index is 13.9. The number of carbonyl (C=O) groups is 2. The first kappa shape index (κ1) is 27.7. The van der Waals surface area contributed by atoms with Gasteiger partial charge < -0.3 is 19.2 Å². The van der Waals surface area contributed by atoms with Crippen molar-refractivity contribution in [1.82, 2.24) is 4.57 Å². The summed E-state index contributed by atoms with van der Waals surface area (Å²) < 4.78 is 7.57. The molecule has 1 N–H and O–H groups in total. The summed E-state index contributed by atoms with van der Waals surface area (Å²) >= 11 is 0. The summed E-state index contributed by atoms with van der Waals surface area (Å²) in [6.07, 6.45) is 0. The number of methoxy groups -OCH3 is 1. The predicted molar refractivity (Wildman–Crippen MR) is 169 cm³/mol. The molecule has 0 fully saturated rings. The first-order chi connectivity index (χ1) is 20.8. The van der Waals surface area contributed by atoms with Crippen molar-refractivity contribution in [2.24, 2.45) is 5.16 Å². The van der Waals surface area contributed by atoms with Crippen molar-refractivity contribution in [3.8, 4) is 11.5 Å². The lowest BCUT2D eigenvalue weighted by Crippen LogP contribution is -2.08. The van der Waals surface area contributed by atoms with Gasteiger partial charge in [-0.25, -0.2) is 4.79 Å². The van der Waals surface area contributed by atoms with Gasteiger partial charge >= 0.3 is 5.97 Å². The molecule has 0 atom stereocenters. The lowest BCUT2D eigenvalue weighted by atomic mass is 9.94. The number of phenolic OH excluding ortho intramolecular Hbond substituents is 1. The van der Waals surface area contributed by atoms with Crippen LogP contribution in [-0.2, 0) is 16.2 Å². The number of aromatic nitrogens is 1. The molecule has 0 aliphatic carbocycles. The van der Waals surface area contributed by atoms with E-state index >= 15 is 0 Å². The maximum Gasteiger partial charge on any atom is 0.332 e. The molecule has 0 amide bonds. The minimum atomic E-state index is -0.521. The van der Waals surface area contributed by atoms with Gasteiger partial charge in [-0.2, -0.15) is 0 Å². The third kappa shape index (κ3) is 4.89. The minimum absolute atomic E-state index is 0.0525. The number of benzene rings is 5. The third-order valence-electron chi connectivity index (χ3n) is 7.80. The number of rotatable bonds is 7. The standard InChI is InChI=1S/C36H30N2O5/c1-5-38-31-15-10-24(35(37-43-22(3)39)27-14-13-26(42-4)18-21(27)2)19-29(31)30-20-25(11-16-32(30)38)36(41)34-28-9-7-6-8-23(28)12-17-33(34)40/h6-20,40H,5H2,1-4H3/b37-35+. The van der Waals surface area contributed by atoms with E-state index in [1.54, 1.807) is 19.2 Å². The molecule has 1 heterocycles. The highest BCUT2D eigenvalue weighted by Crippen LogP contribution is 2.34. The monoisotopic (exact) mass is 570 g/mol. The van der Waals surface area contributed by atoms with Crippen molar-refractivity contribution < 1.29 is 24.3 Å². The highest BCUT2D eigenvalue weighted by atomic mass is 16.7. The number of carbonyl (C=O) groups excluding carboxylic acids is 2. The molecule has 0 aliphatic heterocycles.